The third kappa shape index (κ3) is 5.11. The quantitative estimate of drug-likeness (QED) is 0.275. The Hall–Kier alpha value is -3.27. The molecule has 1 amide bonds. The van der Waals surface area contributed by atoms with E-state index >= 15 is 0 Å². The molecule has 0 aliphatic heterocycles. The minimum Gasteiger partial charge on any atom is -0.382 e. The fourth-order valence-electron chi connectivity index (χ4n) is 2.27. The Bertz CT molecular complexity index is 847. The summed E-state index contributed by atoms with van der Waals surface area (Å²) in [5.74, 6) is 5.17. The number of rotatable bonds is 5. The fraction of sp³-hybridized carbons (Fsp3) is 0.176. The average molecular weight is 380 g/mol. The molecule has 0 unspecified atom stereocenters. The zero-order chi connectivity index (χ0) is 20.2. The predicted octanol–water partition coefficient (Wildman–Crippen LogP) is 2.23. The van der Waals surface area contributed by atoms with Gasteiger partial charge in [-0.25, -0.2) is 11.0 Å². The lowest BCUT2D eigenvalue weighted by Crippen LogP contribution is -2.26. The van der Waals surface area contributed by atoms with Crippen LogP contribution in [-0.2, 0) is 6.18 Å². The van der Waals surface area contributed by atoms with E-state index in [1.165, 1.54) is 32.3 Å². The number of anilines is 2. The number of amides is 1. The van der Waals surface area contributed by atoms with Gasteiger partial charge in [0.2, 0.25) is 0 Å². The molecule has 6 N–H and O–H groups in total. The highest BCUT2D eigenvalue weighted by atomic mass is 19.4. The van der Waals surface area contributed by atoms with Gasteiger partial charge < -0.3 is 16.4 Å². The number of benzene rings is 2. The van der Waals surface area contributed by atoms with Crippen molar-refractivity contribution in [1.29, 1.82) is 0 Å². The van der Waals surface area contributed by atoms with Crippen molar-refractivity contribution < 1.29 is 18.0 Å². The molecule has 0 fully saturated rings. The number of alkyl halides is 3. The SMILES string of the molecule is CNC(=O)c1ccc(Nc2ccc(C(F)(F)F)cc2)c(/C(N)=N/N(C)N)c1. The number of hydrogen-bond donors (Lipinski definition) is 4. The molecule has 0 bridgehead atoms. The molecule has 0 aromatic heterocycles. The van der Waals surface area contributed by atoms with Crippen molar-refractivity contribution in [1.82, 2.24) is 10.4 Å². The minimum atomic E-state index is -4.42. The highest BCUT2D eigenvalue weighted by Gasteiger charge is 2.29. The Morgan fingerprint density at radius 1 is 1.15 bits per heavy atom. The zero-order valence-corrected chi connectivity index (χ0v) is 14.6. The maximum atomic E-state index is 12.7. The molecule has 0 saturated heterocycles. The molecule has 27 heavy (non-hydrogen) atoms. The van der Waals surface area contributed by atoms with E-state index in [2.05, 4.69) is 15.7 Å². The number of nitrogens with zero attached hydrogens (tertiary/aromatic N) is 2. The van der Waals surface area contributed by atoms with E-state index in [1.807, 2.05) is 0 Å². The molecular weight excluding hydrogens is 361 g/mol. The van der Waals surface area contributed by atoms with E-state index in [1.54, 1.807) is 12.1 Å². The van der Waals surface area contributed by atoms with Gasteiger partial charge in [0.1, 0.15) is 0 Å². The van der Waals surface area contributed by atoms with E-state index in [0.29, 0.717) is 22.5 Å². The summed E-state index contributed by atoms with van der Waals surface area (Å²) in [4.78, 5) is 11.9. The van der Waals surface area contributed by atoms with E-state index in [0.717, 1.165) is 17.3 Å². The third-order valence-electron chi connectivity index (χ3n) is 3.54. The second-order valence-electron chi connectivity index (χ2n) is 5.60. The van der Waals surface area contributed by atoms with E-state index in [9.17, 15) is 18.0 Å². The summed E-state index contributed by atoms with van der Waals surface area (Å²) in [6.45, 7) is 0. The van der Waals surface area contributed by atoms with Gasteiger partial charge in [0.25, 0.3) is 5.91 Å². The highest BCUT2D eigenvalue weighted by Crippen LogP contribution is 2.31. The van der Waals surface area contributed by atoms with Gasteiger partial charge >= 0.3 is 6.18 Å². The van der Waals surface area contributed by atoms with Gasteiger partial charge in [0.05, 0.1) is 5.56 Å². The van der Waals surface area contributed by atoms with Crippen molar-refractivity contribution >= 4 is 23.1 Å². The standard InChI is InChI=1S/C17H19F3N6O/c1-23-16(27)10-3-8-14(13(9-10)15(21)25-26(2)22)24-12-6-4-11(5-7-12)17(18,19)20/h3-9,24H,22H2,1-2H3,(H2,21,25)(H,23,27). The van der Waals surface area contributed by atoms with Crippen LogP contribution < -0.4 is 22.2 Å². The lowest BCUT2D eigenvalue weighted by molar-refractivity contribution is -0.137. The second kappa shape index (κ2) is 7.96. The van der Waals surface area contributed by atoms with Gasteiger partial charge in [-0.1, -0.05) is 0 Å². The van der Waals surface area contributed by atoms with E-state index in [4.69, 9.17) is 11.6 Å². The van der Waals surface area contributed by atoms with Crippen molar-refractivity contribution in [3.05, 3.63) is 59.2 Å². The first-order valence-corrected chi connectivity index (χ1v) is 7.75. The number of hydrazone groups is 1. The number of nitrogens with one attached hydrogen (secondary N) is 2. The first-order chi connectivity index (χ1) is 12.6. The molecule has 0 saturated carbocycles. The lowest BCUT2D eigenvalue weighted by Gasteiger charge is -2.15. The molecule has 0 aliphatic carbocycles. The summed E-state index contributed by atoms with van der Waals surface area (Å²) in [5, 5.41) is 10.4. The predicted molar refractivity (Wildman–Crippen MR) is 97.2 cm³/mol. The maximum Gasteiger partial charge on any atom is 0.416 e. The van der Waals surface area contributed by atoms with Crippen molar-refractivity contribution in [2.75, 3.05) is 19.4 Å². The Kier molecular flexibility index (Phi) is 5.91. The number of hydrogen-bond acceptors (Lipinski definition) is 5. The summed E-state index contributed by atoms with van der Waals surface area (Å²) in [6, 6.07) is 9.15. The average Bonchev–Trinajstić information content (AvgIpc) is 2.60. The molecule has 0 aliphatic rings. The van der Waals surface area contributed by atoms with Crippen molar-refractivity contribution in [3.63, 3.8) is 0 Å². The van der Waals surface area contributed by atoms with E-state index < -0.39 is 11.7 Å². The first kappa shape index (κ1) is 20.0. The molecule has 0 radical (unpaired) electrons. The lowest BCUT2D eigenvalue weighted by atomic mass is 10.1. The van der Waals surface area contributed by atoms with Crippen molar-refractivity contribution in [2.24, 2.45) is 16.7 Å². The molecule has 10 heteroatoms. The van der Waals surface area contributed by atoms with Crippen LogP contribution in [0.2, 0.25) is 0 Å². The minimum absolute atomic E-state index is 0.0279. The number of halogens is 3. The maximum absolute atomic E-state index is 12.7. The Labute approximate surface area is 153 Å². The van der Waals surface area contributed by atoms with Crippen LogP contribution >= 0.6 is 0 Å². The van der Waals surface area contributed by atoms with Crippen LogP contribution in [0, 0.1) is 0 Å². The molecule has 144 valence electrons. The summed E-state index contributed by atoms with van der Waals surface area (Å²) >= 11 is 0. The van der Waals surface area contributed by atoms with Crippen molar-refractivity contribution in [2.45, 2.75) is 6.18 Å². The molecule has 2 aromatic rings. The smallest absolute Gasteiger partial charge is 0.382 e. The third-order valence-corrected chi connectivity index (χ3v) is 3.54. The van der Waals surface area contributed by atoms with Gasteiger partial charge in [-0.2, -0.15) is 13.2 Å². The molecular formula is C17H19F3N6O. The highest BCUT2D eigenvalue weighted by molar-refractivity contribution is 6.05. The van der Waals surface area contributed by atoms with Crippen LogP contribution in [0.5, 0.6) is 0 Å². The number of amidine groups is 1. The summed E-state index contributed by atoms with van der Waals surface area (Å²) in [7, 11) is 2.96. The van der Waals surface area contributed by atoms with Gasteiger partial charge in [-0.15, -0.1) is 5.10 Å². The molecule has 7 nitrogen and oxygen atoms in total. The second-order valence-corrected chi connectivity index (χ2v) is 5.60. The van der Waals surface area contributed by atoms with Crippen LogP contribution in [0.25, 0.3) is 0 Å². The van der Waals surface area contributed by atoms with E-state index in [-0.39, 0.29) is 11.7 Å². The molecule has 2 rings (SSSR count). The van der Waals surface area contributed by atoms with Crippen LogP contribution in [0.1, 0.15) is 21.5 Å². The van der Waals surface area contributed by atoms with Gasteiger partial charge in [0, 0.05) is 36.6 Å². The van der Waals surface area contributed by atoms with Crippen molar-refractivity contribution in [3.8, 4) is 0 Å². The monoisotopic (exact) mass is 380 g/mol. The number of carbonyl (C=O) groups is 1. The molecule has 2 aromatic carbocycles. The summed E-state index contributed by atoms with van der Waals surface area (Å²) < 4.78 is 38.1. The van der Waals surface area contributed by atoms with Gasteiger partial charge in [0.15, 0.2) is 5.84 Å². The Balaban J connectivity index is 2.41. The van der Waals surface area contributed by atoms with Crippen LogP contribution in [-0.4, -0.2) is 31.0 Å². The first-order valence-electron chi connectivity index (χ1n) is 7.75. The number of nitrogens with two attached hydrogens (primary N) is 2. The largest absolute Gasteiger partial charge is 0.416 e. The summed E-state index contributed by atoms with van der Waals surface area (Å²) in [6.07, 6.45) is -4.42. The molecule has 0 spiro atoms. The Morgan fingerprint density at radius 3 is 2.30 bits per heavy atom. The van der Waals surface area contributed by atoms with Gasteiger partial charge in [-0.05, 0) is 42.5 Å². The molecule has 0 atom stereocenters. The normalized spacial score (nSPS) is 11.9. The molecule has 0 heterocycles. The summed E-state index contributed by atoms with van der Waals surface area (Å²) in [5.41, 5.74) is 6.76. The van der Waals surface area contributed by atoms with Crippen LogP contribution in [0.3, 0.4) is 0 Å². The number of carbonyl (C=O) groups excluding carboxylic acids is 1. The van der Waals surface area contributed by atoms with Crippen LogP contribution in [0.15, 0.2) is 47.6 Å². The fourth-order valence-corrected chi connectivity index (χ4v) is 2.27. The number of hydrazine groups is 1. The zero-order valence-electron chi connectivity index (χ0n) is 14.6. The Morgan fingerprint density at radius 2 is 1.78 bits per heavy atom. The topological polar surface area (TPSA) is 109 Å². The van der Waals surface area contributed by atoms with Gasteiger partial charge in [-0.3, -0.25) is 4.79 Å². The van der Waals surface area contributed by atoms with Crippen LogP contribution in [0.4, 0.5) is 24.5 Å².